The largest absolute Gasteiger partial charge is 0.493 e. The van der Waals surface area contributed by atoms with Gasteiger partial charge >= 0.3 is 5.97 Å². The Morgan fingerprint density at radius 2 is 1.68 bits per heavy atom. The molecule has 1 amide bonds. The summed E-state index contributed by atoms with van der Waals surface area (Å²) in [4.78, 5) is 23.8. The highest BCUT2D eigenvalue weighted by Gasteiger charge is 2.13. The van der Waals surface area contributed by atoms with Gasteiger partial charge in [0.2, 0.25) is 0 Å². The summed E-state index contributed by atoms with van der Waals surface area (Å²) >= 11 is 0. The van der Waals surface area contributed by atoms with Crippen LogP contribution in [0, 0.1) is 0 Å². The molecule has 25 heavy (non-hydrogen) atoms. The predicted octanol–water partition coefficient (Wildman–Crippen LogP) is 2.22. The zero-order chi connectivity index (χ0) is 18.1. The van der Waals surface area contributed by atoms with Crippen molar-refractivity contribution in [1.82, 2.24) is 5.32 Å². The Morgan fingerprint density at radius 3 is 2.36 bits per heavy atom. The standard InChI is InChI=1S/C19H21NO5/c1-23-16-9-8-15(12-17(16)24-2)19(22)25-13-18(21)20-11-10-14-6-4-3-5-7-14/h3-9,12H,10-11,13H2,1-2H3,(H,20,21). The van der Waals surface area contributed by atoms with E-state index in [9.17, 15) is 9.59 Å². The third-order valence-corrected chi connectivity index (χ3v) is 3.53. The minimum absolute atomic E-state index is 0.287. The number of amides is 1. The molecule has 0 saturated heterocycles. The van der Waals surface area contributed by atoms with Gasteiger partial charge in [-0.05, 0) is 30.2 Å². The van der Waals surface area contributed by atoms with Gasteiger partial charge in [0.05, 0.1) is 19.8 Å². The molecule has 1 N–H and O–H groups in total. The van der Waals surface area contributed by atoms with Gasteiger partial charge < -0.3 is 19.5 Å². The van der Waals surface area contributed by atoms with Crippen LogP contribution < -0.4 is 14.8 Å². The lowest BCUT2D eigenvalue weighted by Crippen LogP contribution is -2.30. The topological polar surface area (TPSA) is 73.9 Å². The highest BCUT2D eigenvalue weighted by Crippen LogP contribution is 2.27. The summed E-state index contributed by atoms with van der Waals surface area (Å²) < 4.78 is 15.3. The third kappa shape index (κ3) is 5.53. The SMILES string of the molecule is COc1ccc(C(=O)OCC(=O)NCCc2ccccc2)cc1OC. The maximum Gasteiger partial charge on any atom is 0.338 e. The molecule has 0 spiro atoms. The molecule has 6 heteroatoms. The van der Waals surface area contributed by atoms with E-state index in [0.29, 0.717) is 18.0 Å². The van der Waals surface area contributed by atoms with Gasteiger partial charge in [-0.1, -0.05) is 30.3 Å². The minimum Gasteiger partial charge on any atom is -0.493 e. The number of carbonyl (C=O) groups is 2. The smallest absolute Gasteiger partial charge is 0.338 e. The monoisotopic (exact) mass is 343 g/mol. The lowest BCUT2D eigenvalue weighted by Gasteiger charge is -2.10. The van der Waals surface area contributed by atoms with Crippen molar-refractivity contribution in [3.63, 3.8) is 0 Å². The maximum atomic E-state index is 12.0. The van der Waals surface area contributed by atoms with Crippen molar-refractivity contribution in [1.29, 1.82) is 0 Å². The van der Waals surface area contributed by atoms with Crippen LogP contribution in [0.4, 0.5) is 0 Å². The van der Waals surface area contributed by atoms with E-state index in [2.05, 4.69) is 5.32 Å². The summed E-state index contributed by atoms with van der Waals surface area (Å²) in [7, 11) is 2.99. The molecular weight excluding hydrogens is 322 g/mol. The van der Waals surface area contributed by atoms with Gasteiger partial charge in [0.1, 0.15) is 0 Å². The van der Waals surface area contributed by atoms with Crippen molar-refractivity contribution in [3.8, 4) is 11.5 Å². The molecule has 0 aromatic heterocycles. The van der Waals surface area contributed by atoms with Gasteiger partial charge in [-0.3, -0.25) is 4.79 Å². The van der Waals surface area contributed by atoms with Crippen LogP contribution in [0.25, 0.3) is 0 Å². The number of hydrogen-bond donors (Lipinski definition) is 1. The average Bonchev–Trinajstić information content (AvgIpc) is 2.66. The molecule has 0 aliphatic carbocycles. The first-order valence-corrected chi connectivity index (χ1v) is 7.84. The van der Waals surface area contributed by atoms with Crippen molar-refractivity contribution >= 4 is 11.9 Å². The molecule has 0 heterocycles. The molecule has 0 aliphatic rings. The highest BCUT2D eigenvalue weighted by molar-refractivity contribution is 5.92. The average molecular weight is 343 g/mol. The van der Waals surface area contributed by atoms with Crippen LogP contribution in [-0.4, -0.2) is 39.2 Å². The molecule has 2 rings (SSSR count). The van der Waals surface area contributed by atoms with E-state index in [1.807, 2.05) is 30.3 Å². The molecule has 0 fully saturated rings. The fourth-order valence-electron chi connectivity index (χ4n) is 2.22. The van der Waals surface area contributed by atoms with Crippen molar-refractivity contribution in [2.24, 2.45) is 0 Å². The molecule has 2 aromatic rings. The van der Waals surface area contributed by atoms with E-state index < -0.39 is 5.97 Å². The Morgan fingerprint density at radius 1 is 0.960 bits per heavy atom. The number of ether oxygens (including phenoxy) is 3. The Kier molecular flexibility index (Phi) is 6.83. The summed E-state index contributed by atoms with van der Waals surface area (Å²) in [5.41, 5.74) is 1.42. The van der Waals surface area contributed by atoms with E-state index >= 15 is 0 Å². The Balaban J connectivity index is 1.78. The second-order valence-electron chi connectivity index (χ2n) is 5.23. The highest BCUT2D eigenvalue weighted by atomic mass is 16.5. The quantitative estimate of drug-likeness (QED) is 0.744. The lowest BCUT2D eigenvalue weighted by atomic mass is 10.1. The zero-order valence-electron chi connectivity index (χ0n) is 14.3. The molecule has 0 unspecified atom stereocenters. The first-order valence-electron chi connectivity index (χ1n) is 7.84. The molecule has 0 saturated carbocycles. The number of rotatable bonds is 8. The molecule has 0 atom stereocenters. The summed E-state index contributed by atoms with van der Waals surface area (Å²) in [6.45, 7) is 0.152. The summed E-state index contributed by atoms with van der Waals surface area (Å²) in [5.74, 6) is -0.00844. The first-order chi connectivity index (χ1) is 12.1. The summed E-state index contributed by atoms with van der Waals surface area (Å²) in [5, 5.41) is 2.72. The second-order valence-corrected chi connectivity index (χ2v) is 5.23. The number of hydrogen-bond acceptors (Lipinski definition) is 5. The van der Waals surface area contributed by atoms with Gasteiger partial charge in [0, 0.05) is 6.54 Å². The van der Waals surface area contributed by atoms with Crippen molar-refractivity contribution in [3.05, 3.63) is 59.7 Å². The fourth-order valence-corrected chi connectivity index (χ4v) is 2.22. The van der Waals surface area contributed by atoms with Crippen LogP contribution in [0.3, 0.4) is 0 Å². The molecule has 6 nitrogen and oxygen atoms in total. The van der Waals surface area contributed by atoms with Gasteiger partial charge in [-0.15, -0.1) is 0 Å². The molecule has 0 aliphatic heterocycles. The van der Waals surface area contributed by atoms with Crippen LogP contribution in [-0.2, 0) is 16.0 Å². The number of methoxy groups -OCH3 is 2. The number of nitrogens with one attached hydrogen (secondary N) is 1. The van der Waals surface area contributed by atoms with E-state index in [4.69, 9.17) is 14.2 Å². The van der Waals surface area contributed by atoms with Crippen molar-refractivity contribution < 1.29 is 23.8 Å². The third-order valence-electron chi connectivity index (χ3n) is 3.53. The molecule has 0 bridgehead atoms. The molecule has 2 aromatic carbocycles. The van der Waals surface area contributed by atoms with Crippen molar-refractivity contribution in [2.45, 2.75) is 6.42 Å². The summed E-state index contributed by atoms with van der Waals surface area (Å²) in [6.07, 6.45) is 0.718. The van der Waals surface area contributed by atoms with E-state index in [0.717, 1.165) is 12.0 Å². The van der Waals surface area contributed by atoms with Gasteiger partial charge in [0.25, 0.3) is 5.91 Å². The Labute approximate surface area is 146 Å². The zero-order valence-corrected chi connectivity index (χ0v) is 14.3. The number of carbonyl (C=O) groups excluding carboxylic acids is 2. The van der Waals surface area contributed by atoms with Crippen LogP contribution in [0.5, 0.6) is 11.5 Å². The van der Waals surface area contributed by atoms with Crippen LogP contribution in [0.2, 0.25) is 0 Å². The first kappa shape index (κ1) is 18.3. The number of benzene rings is 2. The molecule has 132 valence electrons. The predicted molar refractivity (Wildman–Crippen MR) is 93.0 cm³/mol. The van der Waals surface area contributed by atoms with E-state index in [1.54, 1.807) is 12.1 Å². The van der Waals surface area contributed by atoms with Crippen molar-refractivity contribution in [2.75, 3.05) is 27.4 Å². The fraction of sp³-hybridized carbons (Fsp3) is 0.263. The van der Waals surface area contributed by atoms with Gasteiger partial charge in [-0.2, -0.15) is 0 Å². The van der Waals surface area contributed by atoms with E-state index in [1.165, 1.54) is 20.3 Å². The maximum absolute atomic E-state index is 12.0. The van der Waals surface area contributed by atoms with Gasteiger partial charge in [0.15, 0.2) is 18.1 Å². The minimum atomic E-state index is -0.598. The Bertz CT molecular complexity index is 715. The normalized spacial score (nSPS) is 10.0. The van der Waals surface area contributed by atoms with E-state index in [-0.39, 0.29) is 18.1 Å². The molecular formula is C19H21NO5. The number of esters is 1. The molecule has 0 radical (unpaired) electrons. The van der Waals surface area contributed by atoms with Crippen LogP contribution in [0.15, 0.2) is 48.5 Å². The second kappa shape index (κ2) is 9.32. The lowest BCUT2D eigenvalue weighted by molar-refractivity contribution is -0.124. The summed E-state index contributed by atoms with van der Waals surface area (Å²) in [6, 6.07) is 14.5. The Hall–Kier alpha value is -3.02. The van der Waals surface area contributed by atoms with Gasteiger partial charge in [-0.25, -0.2) is 4.79 Å². The van der Waals surface area contributed by atoms with Crippen LogP contribution in [0.1, 0.15) is 15.9 Å². The van der Waals surface area contributed by atoms with Crippen LogP contribution >= 0.6 is 0 Å².